The summed E-state index contributed by atoms with van der Waals surface area (Å²) in [5.74, 6) is 0.346. The molecule has 0 spiro atoms. The second-order valence-electron chi connectivity index (χ2n) is 3.49. The van der Waals surface area contributed by atoms with Crippen LogP contribution in [-0.2, 0) is 4.74 Å². The van der Waals surface area contributed by atoms with Gasteiger partial charge >= 0.3 is 6.16 Å². The monoisotopic (exact) mass is 236 g/mol. The fourth-order valence-corrected chi connectivity index (χ4v) is 1.13. The highest BCUT2D eigenvalue weighted by atomic mass is 16.7. The van der Waals surface area contributed by atoms with Gasteiger partial charge in [0, 0.05) is 5.56 Å². The Bertz CT molecular complexity index is 387. The van der Waals surface area contributed by atoms with E-state index in [1.54, 1.807) is 24.3 Å². The van der Waals surface area contributed by atoms with Gasteiger partial charge in [0.15, 0.2) is 0 Å². The molecule has 0 radical (unpaired) electrons. The van der Waals surface area contributed by atoms with Gasteiger partial charge in [-0.05, 0) is 30.7 Å². The van der Waals surface area contributed by atoms with Gasteiger partial charge in [-0.2, -0.15) is 0 Å². The first-order valence-corrected chi connectivity index (χ1v) is 5.42. The summed E-state index contributed by atoms with van der Waals surface area (Å²) in [6, 6.07) is 6.35. The molecule has 0 aliphatic rings. The zero-order valence-corrected chi connectivity index (χ0v) is 9.73. The molecular weight excluding hydrogens is 220 g/mol. The topological polar surface area (TPSA) is 85.4 Å². The maximum atomic E-state index is 11.2. The Kier molecular flexibility index (Phi) is 5.00. The van der Waals surface area contributed by atoms with E-state index in [0.717, 1.165) is 12.8 Å². The number of ether oxygens (including phenoxy) is 2. The lowest BCUT2D eigenvalue weighted by molar-refractivity contribution is 0.0978. The van der Waals surface area contributed by atoms with Crippen molar-refractivity contribution in [3.63, 3.8) is 0 Å². The van der Waals surface area contributed by atoms with Gasteiger partial charge in [-0.3, -0.25) is 5.41 Å². The molecular formula is C12H16N2O3. The highest BCUT2D eigenvalue weighted by Gasteiger charge is 2.05. The number of rotatable bonds is 5. The molecule has 0 amide bonds. The number of unbranched alkanes of at least 4 members (excludes halogenated alkanes) is 1. The van der Waals surface area contributed by atoms with Crippen molar-refractivity contribution in [1.29, 1.82) is 5.41 Å². The van der Waals surface area contributed by atoms with Crippen LogP contribution in [0.1, 0.15) is 25.3 Å². The van der Waals surface area contributed by atoms with E-state index in [2.05, 4.69) is 0 Å². The third-order valence-corrected chi connectivity index (χ3v) is 2.08. The first-order valence-electron chi connectivity index (χ1n) is 5.42. The summed E-state index contributed by atoms with van der Waals surface area (Å²) in [6.07, 6.45) is 1.06. The molecule has 0 heterocycles. The Hall–Kier alpha value is -2.04. The van der Waals surface area contributed by atoms with Gasteiger partial charge in [0.2, 0.25) is 0 Å². The summed E-state index contributed by atoms with van der Waals surface area (Å²) < 4.78 is 9.76. The van der Waals surface area contributed by atoms with Crippen LogP contribution in [0.4, 0.5) is 4.79 Å². The van der Waals surface area contributed by atoms with Crippen LogP contribution >= 0.6 is 0 Å². The first kappa shape index (κ1) is 13.0. The van der Waals surface area contributed by atoms with Crippen LogP contribution in [0.5, 0.6) is 5.75 Å². The SMILES string of the molecule is CCCCOC(=O)Oc1ccc(C(=N)N)cc1. The molecule has 1 rings (SSSR count). The van der Waals surface area contributed by atoms with Crippen LogP contribution in [0.2, 0.25) is 0 Å². The van der Waals surface area contributed by atoms with E-state index < -0.39 is 6.16 Å². The van der Waals surface area contributed by atoms with Crippen molar-refractivity contribution in [2.24, 2.45) is 5.73 Å². The molecule has 0 bridgehead atoms. The van der Waals surface area contributed by atoms with E-state index in [1.165, 1.54) is 0 Å². The minimum atomic E-state index is -0.714. The second-order valence-corrected chi connectivity index (χ2v) is 3.49. The molecule has 17 heavy (non-hydrogen) atoms. The van der Waals surface area contributed by atoms with Crippen LogP contribution < -0.4 is 10.5 Å². The number of hydrogen-bond acceptors (Lipinski definition) is 4. The lowest BCUT2D eigenvalue weighted by atomic mass is 10.2. The van der Waals surface area contributed by atoms with Gasteiger partial charge in [0.1, 0.15) is 11.6 Å². The molecule has 0 aliphatic heterocycles. The number of nitrogens with two attached hydrogens (primary N) is 1. The summed E-state index contributed by atoms with van der Waals surface area (Å²) in [5, 5.41) is 7.20. The van der Waals surface area contributed by atoms with Crippen molar-refractivity contribution in [2.45, 2.75) is 19.8 Å². The van der Waals surface area contributed by atoms with Crippen molar-refractivity contribution in [1.82, 2.24) is 0 Å². The number of carbonyl (C=O) groups excluding carboxylic acids is 1. The van der Waals surface area contributed by atoms with Gasteiger partial charge in [0.25, 0.3) is 0 Å². The lowest BCUT2D eigenvalue weighted by Gasteiger charge is -2.05. The number of hydrogen-bond donors (Lipinski definition) is 2. The Labute approximate surface area is 100 Å². The van der Waals surface area contributed by atoms with E-state index in [9.17, 15) is 4.79 Å². The maximum Gasteiger partial charge on any atom is 0.513 e. The molecule has 0 saturated carbocycles. The minimum Gasteiger partial charge on any atom is -0.434 e. The number of nitrogens with one attached hydrogen (secondary N) is 1. The lowest BCUT2D eigenvalue weighted by Crippen LogP contribution is -2.12. The molecule has 5 nitrogen and oxygen atoms in total. The van der Waals surface area contributed by atoms with Crippen LogP contribution in [0, 0.1) is 5.41 Å². The van der Waals surface area contributed by atoms with Crippen molar-refractivity contribution in [3.8, 4) is 5.75 Å². The quantitative estimate of drug-likeness (QED) is 0.270. The first-order chi connectivity index (χ1) is 8.13. The zero-order chi connectivity index (χ0) is 12.7. The Balaban J connectivity index is 2.46. The Morgan fingerprint density at radius 3 is 2.53 bits per heavy atom. The number of benzene rings is 1. The van der Waals surface area contributed by atoms with Gasteiger partial charge in [0.05, 0.1) is 6.61 Å². The molecule has 0 unspecified atom stereocenters. The third kappa shape index (κ3) is 4.55. The highest BCUT2D eigenvalue weighted by molar-refractivity contribution is 5.95. The molecule has 0 aliphatic carbocycles. The average molecular weight is 236 g/mol. The normalized spacial score (nSPS) is 9.71. The molecule has 0 aromatic heterocycles. The van der Waals surface area contributed by atoms with Gasteiger partial charge in [-0.15, -0.1) is 0 Å². The molecule has 0 saturated heterocycles. The maximum absolute atomic E-state index is 11.2. The van der Waals surface area contributed by atoms with E-state index in [1.807, 2.05) is 6.92 Å². The fraction of sp³-hybridized carbons (Fsp3) is 0.333. The van der Waals surface area contributed by atoms with Crippen molar-refractivity contribution in [3.05, 3.63) is 29.8 Å². The van der Waals surface area contributed by atoms with E-state index in [-0.39, 0.29) is 5.84 Å². The predicted octanol–water partition coefficient (Wildman–Crippen LogP) is 2.29. The summed E-state index contributed by atoms with van der Waals surface area (Å²) in [4.78, 5) is 11.2. The van der Waals surface area contributed by atoms with E-state index in [4.69, 9.17) is 20.6 Å². The molecule has 1 aromatic rings. The van der Waals surface area contributed by atoms with Crippen molar-refractivity contribution < 1.29 is 14.3 Å². The molecule has 1 aromatic carbocycles. The largest absolute Gasteiger partial charge is 0.513 e. The van der Waals surface area contributed by atoms with E-state index in [0.29, 0.717) is 17.9 Å². The van der Waals surface area contributed by atoms with Crippen LogP contribution in [-0.4, -0.2) is 18.6 Å². The van der Waals surface area contributed by atoms with Gasteiger partial charge < -0.3 is 15.2 Å². The van der Waals surface area contributed by atoms with Crippen molar-refractivity contribution >= 4 is 12.0 Å². The van der Waals surface area contributed by atoms with Gasteiger partial charge in [-0.1, -0.05) is 13.3 Å². The molecule has 0 atom stereocenters. The average Bonchev–Trinajstić information content (AvgIpc) is 2.30. The van der Waals surface area contributed by atoms with Crippen LogP contribution in [0.25, 0.3) is 0 Å². The molecule has 3 N–H and O–H groups in total. The Morgan fingerprint density at radius 2 is 2.00 bits per heavy atom. The predicted molar refractivity (Wildman–Crippen MR) is 64.3 cm³/mol. The smallest absolute Gasteiger partial charge is 0.434 e. The zero-order valence-electron chi connectivity index (χ0n) is 9.73. The molecule has 0 fully saturated rings. The van der Waals surface area contributed by atoms with Gasteiger partial charge in [-0.25, -0.2) is 4.79 Å². The summed E-state index contributed by atoms with van der Waals surface area (Å²) in [5.41, 5.74) is 5.88. The Morgan fingerprint density at radius 1 is 1.35 bits per heavy atom. The van der Waals surface area contributed by atoms with Crippen LogP contribution in [0.3, 0.4) is 0 Å². The second kappa shape index (κ2) is 6.52. The van der Waals surface area contributed by atoms with E-state index >= 15 is 0 Å². The molecule has 5 heteroatoms. The number of carbonyl (C=O) groups is 1. The fourth-order valence-electron chi connectivity index (χ4n) is 1.13. The third-order valence-electron chi connectivity index (χ3n) is 2.08. The van der Waals surface area contributed by atoms with Crippen LogP contribution in [0.15, 0.2) is 24.3 Å². The number of amidine groups is 1. The summed E-state index contributed by atoms with van der Waals surface area (Å²) in [7, 11) is 0. The highest BCUT2D eigenvalue weighted by Crippen LogP contribution is 2.12. The minimum absolute atomic E-state index is 0.0259. The molecule has 92 valence electrons. The standard InChI is InChI=1S/C12H16N2O3/c1-2-3-8-16-12(15)17-10-6-4-9(5-7-10)11(13)14/h4-7H,2-3,8H2,1H3,(H3,13,14). The summed E-state index contributed by atoms with van der Waals surface area (Å²) in [6.45, 7) is 2.37. The van der Waals surface area contributed by atoms with Crippen molar-refractivity contribution in [2.75, 3.05) is 6.61 Å². The number of nitrogen functional groups attached to an aromatic ring is 1. The summed E-state index contributed by atoms with van der Waals surface area (Å²) >= 11 is 0.